The second kappa shape index (κ2) is 5.82. The topological polar surface area (TPSA) is 52.1 Å². The fourth-order valence-electron chi connectivity index (χ4n) is 1.61. The quantitative estimate of drug-likeness (QED) is 0.469. The number of oxazole rings is 2. The van der Waals surface area contributed by atoms with Crippen molar-refractivity contribution in [3.8, 4) is 0 Å². The van der Waals surface area contributed by atoms with Crippen molar-refractivity contribution in [2.24, 2.45) is 0 Å². The van der Waals surface area contributed by atoms with Gasteiger partial charge in [-0.15, -0.1) is 0 Å². The molecule has 4 heteroatoms. The van der Waals surface area contributed by atoms with Gasteiger partial charge in [0.2, 0.25) is 0 Å². The fourth-order valence-corrected chi connectivity index (χ4v) is 1.61. The fraction of sp³-hybridized carbons (Fsp3) is 0.0667. The summed E-state index contributed by atoms with van der Waals surface area (Å²) in [5.74, 6) is 0. The number of para-hydroxylation sites is 4. The molecule has 0 N–H and O–H groups in total. The van der Waals surface area contributed by atoms with Crippen molar-refractivity contribution in [2.45, 2.75) is 7.43 Å². The molecule has 4 aromatic rings. The molecule has 0 saturated carbocycles. The van der Waals surface area contributed by atoms with Crippen LogP contribution < -0.4 is 0 Å². The van der Waals surface area contributed by atoms with Crippen molar-refractivity contribution in [3.05, 3.63) is 61.3 Å². The van der Waals surface area contributed by atoms with Crippen molar-refractivity contribution in [1.82, 2.24) is 9.97 Å². The van der Waals surface area contributed by atoms with E-state index in [4.69, 9.17) is 8.83 Å². The SMILES string of the molecule is C.c1ccc2ocnc2c1.c1ccc2ocnc2c1. The van der Waals surface area contributed by atoms with Crippen LogP contribution in [0, 0.1) is 0 Å². The zero-order valence-corrected chi connectivity index (χ0v) is 9.48. The number of nitrogens with zero attached hydrogens (tertiary/aromatic N) is 2. The molecule has 0 atom stereocenters. The summed E-state index contributed by atoms with van der Waals surface area (Å²) in [5.41, 5.74) is 3.52. The summed E-state index contributed by atoms with van der Waals surface area (Å²) in [6.07, 6.45) is 2.90. The predicted molar refractivity (Wildman–Crippen MR) is 74.7 cm³/mol. The number of hydrogen-bond donors (Lipinski definition) is 0. The molecule has 2 aromatic carbocycles. The summed E-state index contributed by atoms with van der Waals surface area (Å²) in [7, 11) is 0. The Kier molecular flexibility index (Phi) is 3.93. The van der Waals surface area contributed by atoms with Crippen LogP contribution in [0.1, 0.15) is 7.43 Å². The molecular formula is C15H14N2O2. The number of aromatic nitrogens is 2. The lowest BCUT2D eigenvalue weighted by Crippen LogP contribution is -1.61. The summed E-state index contributed by atoms with van der Waals surface area (Å²) < 4.78 is 10.0. The smallest absolute Gasteiger partial charge is 0.181 e. The Balaban J connectivity index is 0.000000133. The largest absolute Gasteiger partial charge is 0.443 e. The molecule has 2 heterocycles. The van der Waals surface area contributed by atoms with Crippen molar-refractivity contribution >= 4 is 22.2 Å². The van der Waals surface area contributed by atoms with Crippen molar-refractivity contribution in [2.75, 3.05) is 0 Å². The standard InChI is InChI=1S/2C7H5NO.CH4/c2*1-2-4-7-6(3-1)8-5-9-7;/h2*1-5H;1H4. The molecule has 0 aliphatic heterocycles. The van der Waals surface area contributed by atoms with E-state index < -0.39 is 0 Å². The third-order valence-corrected chi connectivity index (χ3v) is 2.47. The van der Waals surface area contributed by atoms with E-state index in [0.29, 0.717) is 0 Å². The lowest BCUT2D eigenvalue weighted by molar-refractivity contribution is 0.602. The van der Waals surface area contributed by atoms with Crippen molar-refractivity contribution in [3.63, 3.8) is 0 Å². The Labute approximate surface area is 110 Å². The minimum absolute atomic E-state index is 0. The number of rotatable bonds is 0. The first-order valence-electron chi connectivity index (χ1n) is 5.50. The van der Waals surface area contributed by atoms with E-state index in [1.165, 1.54) is 12.8 Å². The number of benzene rings is 2. The third kappa shape index (κ3) is 2.80. The molecule has 0 aliphatic rings. The lowest BCUT2D eigenvalue weighted by atomic mass is 10.3. The summed E-state index contributed by atoms with van der Waals surface area (Å²) in [6, 6.07) is 15.3. The van der Waals surface area contributed by atoms with E-state index in [1.807, 2.05) is 48.5 Å². The van der Waals surface area contributed by atoms with Crippen LogP contribution in [0.5, 0.6) is 0 Å². The second-order valence-electron chi connectivity index (χ2n) is 3.64. The van der Waals surface area contributed by atoms with Crippen molar-refractivity contribution < 1.29 is 8.83 Å². The molecule has 2 aromatic heterocycles. The van der Waals surface area contributed by atoms with Gasteiger partial charge in [-0.1, -0.05) is 31.7 Å². The van der Waals surface area contributed by atoms with Gasteiger partial charge in [-0.05, 0) is 24.3 Å². The maximum Gasteiger partial charge on any atom is 0.181 e. The summed E-state index contributed by atoms with van der Waals surface area (Å²) in [5, 5.41) is 0. The maximum atomic E-state index is 5.01. The molecule has 0 unspecified atom stereocenters. The van der Waals surface area contributed by atoms with Gasteiger partial charge in [0.05, 0.1) is 0 Å². The molecule has 4 rings (SSSR count). The van der Waals surface area contributed by atoms with Crippen LogP contribution in [0.4, 0.5) is 0 Å². The normalized spacial score (nSPS) is 9.68. The molecular weight excluding hydrogens is 240 g/mol. The molecule has 0 bridgehead atoms. The monoisotopic (exact) mass is 254 g/mol. The Morgan fingerprint density at radius 1 is 0.632 bits per heavy atom. The third-order valence-electron chi connectivity index (χ3n) is 2.47. The number of fused-ring (bicyclic) bond motifs is 2. The van der Waals surface area contributed by atoms with Gasteiger partial charge >= 0.3 is 0 Å². The summed E-state index contributed by atoms with van der Waals surface area (Å²) >= 11 is 0. The van der Waals surface area contributed by atoms with Gasteiger partial charge in [-0.2, -0.15) is 0 Å². The van der Waals surface area contributed by atoms with Crippen LogP contribution >= 0.6 is 0 Å². The highest BCUT2D eigenvalue weighted by Crippen LogP contribution is 2.09. The first-order chi connectivity index (χ1) is 8.93. The molecule has 96 valence electrons. The van der Waals surface area contributed by atoms with Gasteiger partial charge < -0.3 is 8.83 Å². The molecule has 19 heavy (non-hydrogen) atoms. The van der Waals surface area contributed by atoms with Crippen LogP contribution in [0.2, 0.25) is 0 Å². The van der Waals surface area contributed by atoms with Gasteiger partial charge in [0.1, 0.15) is 11.0 Å². The molecule has 4 nitrogen and oxygen atoms in total. The molecule has 0 radical (unpaired) electrons. The molecule has 0 fully saturated rings. The van der Waals surface area contributed by atoms with Crippen LogP contribution in [-0.2, 0) is 0 Å². The Morgan fingerprint density at radius 3 is 1.47 bits per heavy atom. The van der Waals surface area contributed by atoms with Gasteiger partial charge in [0, 0.05) is 0 Å². The van der Waals surface area contributed by atoms with Crippen LogP contribution in [-0.4, -0.2) is 9.97 Å². The van der Waals surface area contributed by atoms with E-state index in [9.17, 15) is 0 Å². The van der Waals surface area contributed by atoms with E-state index >= 15 is 0 Å². The zero-order chi connectivity index (χ0) is 12.2. The van der Waals surface area contributed by atoms with Gasteiger partial charge in [-0.3, -0.25) is 0 Å². The highest BCUT2D eigenvalue weighted by atomic mass is 16.3. The molecule has 0 saturated heterocycles. The highest BCUT2D eigenvalue weighted by molar-refractivity contribution is 5.71. The minimum atomic E-state index is 0. The van der Waals surface area contributed by atoms with Crippen molar-refractivity contribution in [1.29, 1.82) is 0 Å². The average molecular weight is 254 g/mol. The maximum absolute atomic E-state index is 5.01. The van der Waals surface area contributed by atoms with Crippen LogP contribution in [0.15, 0.2) is 70.2 Å². The molecule has 0 aliphatic carbocycles. The van der Waals surface area contributed by atoms with E-state index in [0.717, 1.165) is 22.2 Å². The minimum Gasteiger partial charge on any atom is -0.443 e. The van der Waals surface area contributed by atoms with E-state index in [-0.39, 0.29) is 7.43 Å². The Bertz CT molecular complexity index is 632. The highest BCUT2D eigenvalue weighted by Gasteiger charge is 1.92. The summed E-state index contributed by atoms with van der Waals surface area (Å²) in [6.45, 7) is 0. The number of hydrogen-bond acceptors (Lipinski definition) is 4. The van der Waals surface area contributed by atoms with Crippen LogP contribution in [0.3, 0.4) is 0 Å². The second-order valence-corrected chi connectivity index (χ2v) is 3.64. The summed E-state index contributed by atoms with van der Waals surface area (Å²) in [4.78, 5) is 7.90. The Hall–Kier alpha value is -2.62. The molecule has 0 spiro atoms. The van der Waals surface area contributed by atoms with E-state index in [1.54, 1.807) is 0 Å². The van der Waals surface area contributed by atoms with E-state index in [2.05, 4.69) is 9.97 Å². The zero-order valence-electron chi connectivity index (χ0n) is 9.48. The van der Waals surface area contributed by atoms with Crippen LogP contribution in [0.25, 0.3) is 22.2 Å². The first kappa shape index (κ1) is 12.8. The first-order valence-corrected chi connectivity index (χ1v) is 5.50. The Morgan fingerprint density at radius 2 is 1.05 bits per heavy atom. The predicted octanol–water partition coefficient (Wildman–Crippen LogP) is 4.29. The average Bonchev–Trinajstić information content (AvgIpc) is 3.08. The van der Waals surface area contributed by atoms with Gasteiger partial charge in [0.25, 0.3) is 0 Å². The molecule has 0 amide bonds. The lowest BCUT2D eigenvalue weighted by Gasteiger charge is -1.79. The van der Waals surface area contributed by atoms with Gasteiger partial charge in [0.15, 0.2) is 24.0 Å². The van der Waals surface area contributed by atoms with Gasteiger partial charge in [-0.25, -0.2) is 9.97 Å².